The van der Waals surface area contributed by atoms with Crippen LogP contribution in [0, 0.1) is 5.92 Å². The number of likely N-dealkylation sites (tertiary alicyclic amines) is 1. The summed E-state index contributed by atoms with van der Waals surface area (Å²) < 4.78 is 7.68. The Labute approximate surface area is 155 Å². The van der Waals surface area contributed by atoms with Crippen molar-refractivity contribution in [3.05, 3.63) is 42.6 Å². The van der Waals surface area contributed by atoms with Crippen LogP contribution in [0.1, 0.15) is 31.9 Å². The zero-order valence-electron chi connectivity index (χ0n) is 15.8. The molecule has 0 radical (unpaired) electrons. The Morgan fingerprint density at radius 3 is 3.04 bits per heavy atom. The maximum absolute atomic E-state index is 5.47. The SMILES string of the molecule is CCOc1cc(CNC(=NC)N2CCC(C)C(n3ccnc3)C2)ccn1. The number of hydrogen-bond donors (Lipinski definition) is 1. The number of imidazole rings is 1. The van der Waals surface area contributed by atoms with Crippen LogP contribution in [0.3, 0.4) is 0 Å². The second-order valence-corrected chi connectivity index (χ2v) is 6.63. The van der Waals surface area contributed by atoms with Crippen molar-refractivity contribution in [2.75, 3.05) is 26.7 Å². The summed E-state index contributed by atoms with van der Waals surface area (Å²) in [5.41, 5.74) is 1.13. The van der Waals surface area contributed by atoms with Gasteiger partial charge in [-0.1, -0.05) is 6.92 Å². The van der Waals surface area contributed by atoms with E-state index in [1.807, 2.05) is 44.8 Å². The van der Waals surface area contributed by atoms with Crippen molar-refractivity contribution < 1.29 is 4.74 Å². The number of pyridine rings is 1. The standard InChI is InChI=1S/C19H28N6O/c1-4-26-18-11-16(5-7-22-18)12-23-19(20-3)24-9-6-15(2)17(13-24)25-10-8-21-14-25/h5,7-8,10-11,14-15,17H,4,6,9,12-13H2,1-3H3,(H,20,23). The summed E-state index contributed by atoms with van der Waals surface area (Å²) in [5, 5.41) is 3.47. The van der Waals surface area contributed by atoms with Gasteiger partial charge in [-0.25, -0.2) is 9.97 Å². The first kappa shape index (κ1) is 18.2. The molecule has 26 heavy (non-hydrogen) atoms. The number of guanidine groups is 1. The number of aromatic nitrogens is 3. The van der Waals surface area contributed by atoms with Gasteiger partial charge >= 0.3 is 0 Å². The van der Waals surface area contributed by atoms with E-state index in [1.165, 1.54) is 0 Å². The van der Waals surface area contributed by atoms with E-state index in [0.717, 1.165) is 31.0 Å². The van der Waals surface area contributed by atoms with Gasteiger partial charge in [0.1, 0.15) is 0 Å². The molecule has 7 heteroatoms. The Morgan fingerprint density at radius 2 is 2.31 bits per heavy atom. The summed E-state index contributed by atoms with van der Waals surface area (Å²) in [7, 11) is 1.84. The zero-order chi connectivity index (χ0) is 18.4. The number of nitrogens with one attached hydrogen (secondary N) is 1. The van der Waals surface area contributed by atoms with Crippen LogP contribution in [0.4, 0.5) is 0 Å². The van der Waals surface area contributed by atoms with E-state index in [1.54, 1.807) is 6.20 Å². The third kappa shape index (κ3) is 4.33. The van der Waals surface area contributed by atoms with Gasteiger partial charge in [-0.15, -0.1) is 0 Å². The Hall–Kier alpha value is -2.57. The Bertz CT molecular complexity index is 715. The van der Waals surface area contributed by atoms with Crippen LogP contribution in [0.5, 0.6) is 5.88 Å². The highest BCUT2D eigenvalue weighted by Gasteiger charge is 2.28. The molecule has 3 rings (SSSR count). The van der Waals surface area contributed by atoms with Crippen LogP contribution in [0.2, 0.25) is 0 Å². The van der Waals surface area contributed by atoms with E-state index >= 15 is 0 Å². The molecule has 140 valence electrons. The van der Waals surface area contributed by atoms with Crippen molar-refractivity contribution in [1.82, 2.24) is 24.8 Å². The summed E-state index contributed by atoms with van der Waals surface area (Å²) in [5.74, 6) is 2.21. The predicted molar refractivity (Wildman–Crippen MR) is 102 cm³/mol. The lowest BCUT2D eigenvalue weighted by Crippen LogP contribution is -2.48. The molecule has 2 aromatic heterocycles. The van der Waals surface area contributed by atoms with Gasteiger partial charge in [-0.2, -0.15) is 0 Å². The van der Waals surface area contributed by atoms with Crippen LogP contribution < -0.4 is 10.1 Å². The highest BCUT2D eigenvalue weighted by atomic mass is 16.5. The smallest absolute Gasteiger partial charge is 0.213 e. The average Bonchev–Trinajstić information content (AvgIpc) is 3.18. The fourth-order valence-electron chi connectivity index (χ4n) is 3.40. The summed E-state index contributed by atoms with van der Waals surface area (Å²) in [6, 6.07) is 4.38. The van der Waals surface area contributed by atoms with Gasteiger partial charge < -0.3 is 19.5 Å². The van der Waals surface area contributed by atoms with Crippen molar-refractivity contribution in [2.24, 2.45) is 10.9 Å². The molecule has 3 heterocycles. The van der Waals surface area contributed by atoms with Crippen molar-refractivity contribution in [3.8, 4) is 5.88 Å². The van der Waals surface area contributed by atoms with Gasteiger partial charge in [0.2, 0.25) is 5.88 Å². The number of hydrogen-bond acceptors (Lipinski definition) is 4. The minimum Gasteiger partial charge on any atom is -0.478 e. The van der Waals surface area contributed by atoms with Crippen LogP contribution in [0.25, 0.3) is 0 Å². The Balaban J connectivity index is 1.63. The molecular formula is C19H28N6O. The third-order valence-electron chi connectivity index (χ3n) is 4.88. The van der Waals surface area contributed by atoms with Crippen LogP contribution in [-0.4, -0.2) is 52.1 Å². The molecule has 7 nitrogen and oxygen atoms in total. The fourth-order valence-corrected chi connectivity index (χ4v) is 3.40. The molecule has 0 bridgehead atoms. The Kier molecular flexibility index (Phi) is 6.09. The largest absolute Gasteiger partial charge is 0.478 e. The van der Waals surface area contributed by atoms with Crippen molar-refractivity contribution in [3.63, 3.8) is 0 Å². The second-order valence-electron chi connectivity index (χ2n) is 6.63. The summed E-state index contributed by atoms with van der Waals surface area (Å²) in [6.07, 6.45) is 8.72. The van der Waals surface area contributed by atoms with Crippen molar-refractivity contribution in [1.29, 1.82) is 0 Å². The molecule has 2 aromatic rings. The highest BCUT2D eigenvalue weighted by Crippen LogP contribution is 2.27. The van der Waals surface area contributed by atoms with E-state index < -0.39 is 0 Å². The van der Waals surface area contributed by atoms with Gasteiger partial charge in [0.25, 0.3) is 0 Å². The molecule has 1 N–H and O–H groups in total. The molecule has 0 aliphatic carbocycles. The lowest BCUT2D eigenvalue weighted by molar-refractivity contribution is 0.189. The maximum Gasteiger partial charge on any atom is 0.213 e. The van der Waals surface area contributed by atoms with Gasteiger partial charge in [-0.05, 0) is 30.9 Å². The summed E-state index contributed by atoms with van der Waals surface area (Å²) in [4.78, 5) is 15.2. The van der Waals surface area contributed by atoms with Gasteiger partial charge in [-0.3, -0.25) is 4.99 Å². The molecule has 1 fully saturated rings. The van der Waals surface area contributed by atoms with E-state index in [-0.39, 0.29) is 0 Å². The van der Waals surface area contributed by atoms with Crippen molar-refractivity contribution >= 4 is 5.96 Å². The molecule has 0 spiro atoms. The second kappa shape index (κ2) is 8.69. The molecule has 0 aromatic carbocycles. The number of rotatable bonds is 5. The summed E-state index contributed by atoms with van der Waals surface area (Å²) in [6.45, 7) is 7.52. The van der Waals surface area contributed by atoms with E-state index in [2.05, 4.69) is 36.7 Å². The van der Waals surface area contributed by atoms with Crippen molar-refractivity contribution in [2.45, 2.75) is 32.9 Å². The quantitative estimate of drug-likeness (QED) is 0.658. The minimum absolute atomic E-state index is 0.412. The van der Waals surface area contributed by atoms with Crippen LogP contribution >= 0.6 is 0 Å². The number of aliphatic imine (C=N–C) groups is 1. The topological polar surface area (TPSA) is 67.6 Å². The first-order chi connectivity index (χ1) is 12.7. The maximum atomic E-state index is 5.47. The first-order valence-corrected chi connectivity index (χ1v) is 9.22. The number of nitrogens with zero attached hydrogens (tertiary/aromatic N) is 5. The minimum atomic E-state index is 0.412. The highest BCUT2D eigenvalue weighted by molar-refractivity contribution is 5.80. The fraction of sp³-hybridized carbons (Fsp3) is 0.526. The molecule has 1 aliphatic rings. The zero-order valence-corrected chi connectivity index (χ0v) is 15.8. The molecule has 0 amide bonds. The van der Waals surface area contributed by atoms with E-state index in [4.69, 9.17) is 4.74 Å². The molecule has 1 aliphatic heterocycles. The monoisotopic (exact) mass is 356 g/mol. The first-order valence-electron chi connectivity index (χ1n) is 9.22. The predicted octanol–water partition coefficient (Wildman–Crippen LogP) is 2.34. The van der Waals surface area contributed by atoms with Gasteiger partial charge in [0.15, 0.2) is 5.96 Å². The van der Waals surface area contributed by atoms with E-state index in [9.17, 15) is 0 Å². The van der Waals surface area contributed by atoms with Crippen LogP contribution in [-0.2, 0) is 6.54 Å². The normalized spacial score (nSPS) is 20.9. The lowest BCUT2D eigenvalue weighted by Gasteiger charge is -2.39. The molecule has 2 unspecified atom stereocenters. The summed E-state index contributed by atoms with van der Waals surface area (Å²) >= 11 is 0. The van der Waals surface area contributed by atoms with E-state index in [0.29, 0.717) is 31.0 Å². The average molecular weight is 356 g/mol. The molecule has 0 saturated carbocycles. The molecule has 1 saturated heterocycles. The number of piperidine rings is 1. The van der Waals surface area contributed by atoms with Crippen LogP contribution in [0.15, 0.2) is 42.0 Å². The molecular weight excluding hydrogens is 328 g/mol. The van der Waals surface area contributed by atoms with Gasteiger partial charge in [0, 0.05) is 51.3 Å². The number of ether oxygens (including phenoxy) is 1. The molecule has 2 atom stereocenters. The lowest BCUT2D eigenvalue weighted by atomic mass is 9.93. The van der Waals surface area contributed by atoms with Gasteiger partial charge in [0.05, 0.1) is 19.0 Å². The third-order valence-corrected chi connectivity index (χ3v) is 4.88. The Morgan fingerprint density at radius 1 is 1.42 bits per heavy atom.